The molecule has 0 saturated carbocycles. The highest BCUT2D eigenvalue weighted by atomic mass is 79.9. The third kappa shape index (κ3) is 4.43. The van der Waals surface area contributed by atoms with E-state index in [0.29, 0.717) is 0 Å². The lowest BCUT2D eigenvalue weighted by Crippen LogP contribution is -2.45. The molecule has 6 heteroatoms. The Morgan fingerprint density at radius 1 is 1.32 bits per heavy atom. The van der Waals surface area contributed by atoms with Crippen molar-refractivity contribution >= 4 is 53.5 Å². The van der Waals surface area contributed by atoms with Crippen LogP contribution in [0.3, 0.4) is 0 Å². The molecule has 1 N–H and O–H groups in total. The van der Waals surface area contributed by atoms with E-state index < -0.39 is 0 Å². The van der Waals surface area contributed by atoms with Crippen LogP contribution in [0.15, 0.2) is 25.6 Å². The summed E-state index contributed by atoms with van der Waals surface area (Å²) in [4.78, 5) is 2.42. The summed E-state index contributed by atoms with van der Waals surface area (Å²) in [5.74, 6) is 0. The van der Waals surface area contributed by atoms with Crippen molar-refractivity contribution < 1.29 is 4.74 Å². The highest BCUT2D eigenvalue weighted by molar-refractivity contribution is 9.11. The molecule has 1 aromatic carbocycles. The Morgan fingerprint density at radius 2 is 2.00 bits per heavy atom. The fourth-order valence-corrected chi connectivity index (χ4v) is 4.66. The monoisotopic (exact) mass is 454 g/mol. The average Bonchev–Trinajstić information content (AvgIpc) is 2.37. The molecule has 19 heavy (non-hydrogen) atoms. The van der Waals surface area contributed by atoms with Crippen LogP contribution in [0.2, 0.25) is 0 Å². The van der Waals surface area contributed by atoms with Gasteiger partial charge in [-0.15, -0.1) is 0 Å². The first kappa shape index (κ1) is 15.8. The van der Waals surface area contributed by atoms with E-state index >= 15 is 0 Å². The third-order valence-corrected chi connectivity index (χ3v) is 4.89. The van der Waals surface area contributed by atoms with Gasteiger partial charge < -0.3 is 10.1 Å². The van der Waals surface area contributed by atoms with E-state index in [-0.39, 0.29) is 6.10 Å². The second-order valence-corrected chi connectivity index (χ2v) is 7.14. The van der Waals surface area contributed by atoms with Gasteiger partial charge in [-0.2, -0.15) is 0 Å². The molecule has 0 aromatic heterocycles. The largest absolute Gasteiger partial charge is 0.381 e. The number of anilines is 1. The lowest BCUT2D eigenvalue weighted by Gasteiger charge is -2.32. The number of benzene rings is 1. The molecule has 0 amide bonds. The normalized spacial score (nSPS) is 20.5. The summed E-state index contributed by atoms with van der Waals surface area (Å²) in [6.45, 7) is 6.95. The molecule has 0 aliphatic carbocycles. The lowest BCUT2D eigenvalue weighted by atomic mass is 10.2. The quantitative estimate of drug-likeness (QED) is 0.738. The molecule has 0 spiro atoms. The second kappa shape index (κ2) is 7.41. The SMILES string of the molecule is CCN1CCOC(CNc2c(Br)cc(Br)cc2Br)C1. The van der Waals surface area contributed by atoms with Crippen molar-refractivity contribution in [3.05, 3.63) is 25.6 Å². The number of hydrogen-bond acceptors (Lipinski definition) is 3. The minimum atomic E-state index is 0.246. The number of morpholine rings is 1. The average molecular weight is 457 g/mol. The van der Waals surface area contributed by atoms with E-state index in [2.05, 4.69) is 64.9 Å². The third-order valence-electron chi connectivity index (χ3n) is 3.18. The zero-order chi connectivity index (χ0) is 13.8. The van der Waals surface area contributed by atoms with E-state index in [0.717, 1.165) is 51.9 Å². The highest BCUT2D eigenvalue weighted by Gasteiger charge is 2.19. The van der Waals surface area contributed by atoms with Gasteiger partial charge in [-0.1, -0.05) is 22.9 Å². The van der Waals surface area contributed by atoms with Crippen molar-refractivity contribution in [2.24, 2.45) is 0 Å². The summed E-state index contributed by atoms with van der Waals surface area (Å²) < 4.78 is 8.91. The van der Waals surface area contributed by atoms with Crippen LogP contribution in [0.4, 0.5) is 5.69 Å². The van der Waals surface area contributed by atoms with Crippen LogP contribution >= 0.6 is 47.8 Å². The molecule has 1 aliphatic heterocycles. The number of hydrogen-bond donors (Lipinski definition) is 1. The zero-order valence-electron chi connectivity index (χ0n) is 10.8. The topological polar surface area (TPSA) is 24.5 Å². The summed E-state index contributed by atoms with van der Waals surface area (Å²) >= 11 is 10.6. The fourth-order valence-electron chi connectivity index (χ4n) is 2.12. The van der Waals surface area contributed by atoms with E-state index in [1.807, 2.05) is 12.1 Å². The molecule has 1 fully saturated rings. The molecule has 0 bridgehead atoms. The predicted molar refractivity (Wildman–Crippen MR) is 89.9 cm³/mol. The van der Waals surface area contributed by atoms with Gasteiger partial charge >= 0.3 is 0 Å². The van der Waals surface area contributed by atoms with Crippen LogP contribution in [0, 0.1) is 0 Å². The first-order chi connectivity index (χ1) is 9.10. The highest BCUT2D eigenvalue weighted by Crippen LogP contribution is 2.34. The molecule has 1 aromatic rings. The molecule has 1 heterocycles. The Labute approximate surface area is 139 Å². The van der Waals surface area contributed by atoms with Crippen molar-refractivity contribution in [1.82, 2.24) is 4.90 Å². The summed E-state index contributed by atoms with van der Waals surface area (Å²) in [5, 5.41) is 3.46. The van der Waals surface area contributed by atoms with E-state index in [9.17, 15) is 0 Å². The summed E-state index contributed by atoms with van der Waals surface area (Å²) in [6, 6.07) is 4.07. The molecule has 1 unspecified atom stereocenters. The first-order valence-electron chi connectivity index (χ1n) is 6.32. The minimum Gasteiger partial charge on any atom is -0.381 e. The second-order valence-electron chi connectivity index (χ2n) is 4.51. The van der Waals surface area contributed by atoms with Gasteiger partial charge in [-0.25, -0.2) is 0 Å². The number of nitrogens with one attached hydrogen (secondary N) is 1. The van der Waals surface area contributed by atoms with Crippen LogP contribution in [0.5, 0.6) is 0 Å². The van der Waals surface area contributed by atoms with Gasteiger partial charge in [0.2, 0.25) is 0 Å². The van der Waals surface area contributed by atoms with Crippen LogP contribution in [0.25, 0.3) is 0 Å². The fraction of sp³-hybridized carbons (Fsp3) is 0.538. The molecule has 0 radical (unpaired) electrons. The Morgan fingerprint density at radius 3 is 2.63 bits per heavy atom. The van der Waals surface area contributed by atoms with Gasteiger partial charge in [-0.3, -0.25) is 4.90 Å². The van der Waals surface area contributed by atoms with E-state index in [4.69, 9.17) is 4.74 Å². The van der Waals surface area contributed by atoms with Gasteiger partial charge in [0.25, 0.3) is 0 Å². The maximum atomic E-state index is 5.79. The smallest absolute Gasteiger partial charge is 0.0874 e. The van der Waals surface area contributed by atoms with E-state index in [1.165, 1.54) is 0 Å². The summed E-state index contributed by atoms with van der Waals surface area (Å²) in [6.07, 6.45) is 0.246. The molecule has 106 valence electrons. The van der Waals surface area contributed by atoms with Crippen LogP contribution in [-0.4, -0.2) is 43.8 Å². The van der Waals surface area contributed by atoms with Crippen LogP contribution < -0.4 is 5.32 Å². The molecule has 2 rings (SSSR count). The Bertz CT molecular complexity index is 419. The first-order valence-corrected chi connectivity index (χ1v) is 8.70. The van der Waals surface area contributed by atoms with Crippen molar-refractivity contribution in [2.75, 3.05) is 38.1 Å². The number of rotatable bonds is 4. The van der Waals surface area contributed by atoms with Crippen LogP contribution in [-0.2, 0) is 4.74 Å². The maximum Gasteiger partial charge on any atom is 0.0874 e. The van der Waals surface area contributed by atoms with Gasteiger partial charge in [0, 0.05) is 33.1 Å². The molecule has 1 saturated heterocycles. The van der Waals surface area contributed by atoms with Crippen molar-refractivity contribution in [3.63, 3.8) is 0 Å². The minimum absolute atomic E-state index is 0.246. The lowest BCUT2D eigenvalue weighted by molar-refractivity contribution is -0.0191. The molecular formula is C13H17Br3N2O. The number of likely N-dealkylation sites (N-methyl/N-ethyl adjacent to an activating group) is 1. The number of ether oxygens (including phenoxy) is 1. The summed E-state index contributed by atoms with van der Waals surface area (Å²) in [5.41, 5.74) is 1.07. The standard InChI is InChI=1S/C13H17Br3N2O/c1-2-18-3-4-19-10(8-18)7-17-13-11(15)5-9(14)6-12(13)16/h5-6,10,17H,2-4,7-8H2,1H3. The van der Waals surface area contributed by atoms with Gasteiger partial charge in [0.1, 0.15) is 0 Å². The van der Waals surface area contributed by atoms with Crippen molar-refractivity contribution in [2.45, 2.75) is 13.0 Å². The Kier molecular flexibility index (Phi) is 6.14. The summed E-state index contributed by atoms with van der Waals surface area (Å²) in [7, 11) is 0. The zero-order valence-corrected chi connectivity index (χ0v) is 15.5. The van der Waals surface area contributed by atoms with Gasteiger partial charge in [0.15, 0.2) is 0 Å². The van der Waals surface area contributed by atoms with Gasteiger partial charge in [0.05, 0.1) is 18.4 Å². The van der Waals surface area contributed by atoms with Crippen molar-refractivity contribution in [1.29, 1.82) is 0 Å². The van der Waals surface area contributed by atoms with Crippen LogP contribution in [0.1, 0.15) is 6.92 Å². The van der Waals surface area contributed by atoms with Crippen molar-refractivity contribution in [3.8, 4) is 0 Å². The Balaban J connectivity index is 1.95. The molecule has 1 atom stereocenters. The number of nitrogens with zero attached hydrogens (tertiary/aromatic N) is 1. The maximum absolute atomic E-state index is 5.79. The number of halogens is 3. The predicted octanol–water partition coefficient (Wildman–Crippen LogP) is 4.11. The molecule has 3 nitrogen and oxygen atoms in total. The van der Waals surface area contributed by atoms with Gasteiger partial charge in [-0.05, 0) is 50.5 Å². The Hall–Kier alpha value is 0.380. The molecular weight excluding hydrogens is 440 g/mol. The molecule has 1 aliphatic rings. The van der Waals surface area contributed by atoms with E-state index in [1.54, 1.807) is 0 Å².